The summed E-state index contributed by atoms with van der Waals surface area (Å²) in [4.78, 5) is 29.7. The summed E-state index contributed by atoms with van der Waals surface area (Å²) < 4.78 is 5.70. The molecule has 2 heterocycles. The fraction of sp³-hybridized carbons (Fsp3) is 0.0833. The van der Waals surface area contributed by atoms with E-state index in [1.807, 2.05) is 37.3 Å². The third kappa shape index (κ3) is 4.38. The molecule has 32 heavy (non-hydrogen) atoms. The van der Waals surface area contributed by atoms with Crippen LogP contribution in [0.4, 0.5) is 0 Å². The first-order chi connectivity index (χ1) is 15.5. The second kappa shape index (κ2) is 9.04. The highest BCUT2D eigenvalue weighted by molar-refractivity contribution is 9.10. The van der Waals surface area contributed by atoms with Crippen molar-refractivity contribution >= 4 is 39.3 Å². The van der Waals surface area contributed by atoms with Gasteiger partial charge in [0.2, 0.25) is 0 Å². The minimum absolute atomic E-state index is 0.103. The number of benzene rings is 2. The summed E-state index contributed by atoms with van der Waals surface area (Å²) >= 11 is 3.16. The molecule has 0 aliphatic carbocycles. The average molecular weight is 489 g/mol. The number of rotatable bonds is 4. The van der Waals surface area contributed by atoms with Gasteiger partial charge in [0.25, 0.3) is 11.8 Å². The zero-order chi connectivity index (χ0) is 22.7. The molecule has 7 nitrogen and oxygen atoms in total. The summed E-state index contributed by atoms with van der Waals surface area (Å²) in [6, 6.07) is 19.9. The van der Waals surface area contributed by atoms with Crippen molar-refractivity contribution in [1.82, 2.24) is 10.6 Å². The van der Waals surface area contributed by atoms with E-state index in [4.69, 9.17) is 4.42 Å². The van der Waals surface area contributed by atoms with E-state index >= 15 is 0 Å². The van der Waals surface area contributed by atoms with Crippen molar-refractivity contribution in [2.45, 2.75) is 13.5 Å². The number of amides is 2. The summed E-state index contributed by atoms with van der Waals surface area (Å²) in [5.41, 5.74) is 3.31. The molecule has 0 spiro atoms. The van der Waals surface area contributed by atoms with Crippen LogP contribution in [0.1, 0.15) is 32.8 Å². The van der Waals surface area contributed by atoms with Crippen LogP contribution in [0, 0.1) is 18.3 Å². The van der Waals surface area contributed by atoms with Crippen molar-refractivity contribution in [2.24, 2.45) is 4.99 Å². The predicted octanol–water partition coefficient (Wildman–Crippen LogP) is 4.09. The average Bonchev–Trinajstić information content (AvgIpc) is 3.38. The summed E-state index contributed by atoms with van der Waals surface area (Å²) in [6.07, 6.45) is 0. The van der Waals surface area contributed by atoms with Crippen molar-refractivity contribution in [1.29, 1.82) is 5.26 Å². The fourth-order valence-electron chi connectivity index (χ4n) is 3.21. The zero-order valence-electron chi connectivity index (χ0n) is 17.0. The highest BCUT2D eigenvalue weighted by Crippen LogP contribution is 2.30. The molecule has 0 fully saturated rings. The summed E-state index contributed by atoms with van der Waals surface area (Å²) in [7, 11) is 0. The number of furan rings is 1. The van der Waals surface area contributed by atoms with Gasteiger partial charge in [-0.2, -0.15) is 5.26 Å². The lowest BCUT2D eigenvalue weighted by molar-refractivity contribution is -0.117. The Bertz CT molecular complexity index is 1310. The molecular weight excluding hydrogens is 472 g/mol. The Labute approximate surface area is 192 Å². The number of nitrogens with zero attached hydrogens (tertiary/aromatic N) is 2. The van der Waals surface area contributed by atoms with Gasteiger partial charge in [-0.15, -0.1) is 0 Å². The Morgan fingerprint density at radius 1 is 1.06 bits per heavy atom. The molecule has 158 valence electrons. The number of amidine groups is 1. The second-order valence-electron chi connectivity index (χ2n) is 7.07. The first kappa shape index (κ1) is 21.3. The van der Waals surface area contributed by atoms with Crippen LogP contribution in [-0.4, -0.2) is 17.6 Å². The van der Waals surface area contributed by atoms with Gasteiger partial charge < -0.3 is 15.1 Å². The molecule has 0 saturated heterocycles. The van der Waals surface area contributed by atoms with Gasteiger partial charge in [0, 0.05) is 17.7 Å². The number of nitriles is 1. The van der Waals surface area contributed by atoms with Gasteiger partial charge in [-0.3, -0.25) is 9.59 Å². The number of hydrogen-bond acceptors (Lipinski definition) is 5. The van der Waals surface area contributed by atoms with Crippen molar-refractivity contribution in [2.75, 3.05) is 0 Å². The number of nitrogens with one attached hydrogen (secondary N) is 2. The molecule has 1 aliphatic rings. The monoisotopic (exact) mass is 488 g/mol. The lowest BCUT2D eigenvalue weighted by Crippen LogP contribution is -2.30. The Morgan fingerprint density at radius 2 is 1.78 bits per heavy atom. The molecule has 2 aromatic carbocycles. The normalized spacial score (nSPS) is 13.6. The quantitative estimate of drug-likeness (QED) is 0.425. The number of hydrogen-bond donors (Lipinski definition) is 2. The summed E-state index contributed by atoms with van der Waals surface area (Å²) in [5.74, 6) is -0.685. The van der Waals surface area contributed by atoms with Crippen molar-refractivity contribution in [3.63, 3.8) is 0 Å². The molecule has 1 aromatic heterocycles. The molecule has 0 atom stereocenters. The van der Waals surface area contributed by atoms with Gasteiger partial charge >= 0.3 is 0 Å². The van der Waals surface area contributed by atoms with Crippen LogP contribution >= 0.6 is 15.9 Å². The van der Waals surface area contributed by atoms with E-state index in [1.165, 1.54) is 6.07 Å². The topological polar surface area (TPSA) is 107 Å². The van der Waals surface area contributed by atoms with E-state index in [0.717, 1.165) is 11.1 Å². The number of carbonyl (C=O) groups excluding carboxylic acids is 2. The van der Waals surface area contributed by atoms with Crippen LogP contribution in [0.5, 0.6) is 0 Å². The molecule has 2 N–H and O–H groups in total. The van der Waals surface area contributed by atoms with Crippen molar-refractivity contribution < 1.29 is 14.0 Å². The van der Waals surface area contributed by atoms with Crippen LogP contribution in [0.15, 0.2) is 80.3 Å². The van der Waals surface area contributed by atoms with Crippen molar-refractivity contribution in [3.8, 4) is 6.07 Å². The molecule has 0 bridgehead atoms. The summed E-state index contributed by atoms with van der Waals surface area (Å²) in [6.45, 7) is 2.26. The third-order valence-corrected chi connectivity index (χ3v) is 5.27. The van der Waals surface area contributed by atoms with Crippen LogP contribution in [0.3, 0.4) is 0 Å². The Hall–Kier alpha value is -3.96. The van der Waals surface area contributed by atoms with Gasteiger partial charge in [0.05, 0.1) is 5.70 Å². The maximum Gasteiger partial charge on any atom is 0.292 e. The number of carbonyl (C=O) groups is 2. The van der Waals surface area contributed by atoms with E-state index in [9.17, 15) is 14.9 Å². The minimum Gasteiger partial charge on any atom is -0.444 e. The fourth-order valence-corrected chi connectivity index (χ4v) is 3.51. The number of halogens is 1. The molecule has 3 aromatic rings. The smallest absolute Gasteiger partial charge is 0.292 e. The van der Waals surface area contributed by atoms with Gasteiger partial charge in [-0.1, -0.05) is 54.1 Å². The molecular formula is C24H17BrN4O3. The van der Waals surface area contributed by atoms with Gasteiger partial charge in [-0.25, -0.2) is 4.99 Å². The Kier molecular flexibility index (Phi) is 6.01. The van der Waals surface area contributed by atoms with Gasteiger partial charge in [-0.05, 0) is 40.5 Å². The molecule has 1 aliphatic heterocycles. The maximum absolute atomic E-state index is 12.8. The standard InChI is InChI=1S/C24H17BrN4O3/c1-14-6-8-15(9-7-14)13-27-23(30)18(12-26)21-16-4-2-3-5-17(16)22(28-21)29-24(31)19-10-11-20(25)32-19/h2-11H,13H2,1H3,(H,27,30)(H,28,29,31). The molecule has 2 amide bonds. The molecule has 0 saturated carbocycles. The first-order valence-electron chi connectivity index (χ1n) is 9.69. The highest BCUT2D eigenvalue weighted by Gasteiger charge is 2.27. The Morgan fingerprint density at radius 3 is 2.44 bits per heavy atom. The third-order valence-electron chi connectivity index (χ3n) is 4.84. The molecule has 4 rings (SSSR count). The highest BCUT2D eigenvalue weighted by atomic mass is 79.9. The second-order valence-corrected chi connectivity index (χ2v) is 7.85. The zero-order valence-corrected chi connectivity index (χ0v) is 18.6. The number of aliphatic imine (C=N–C) groups is 1. The SMILES string of the molecule is Cc1ccc(CNC(=O)C(C#N)=C2N=C(NC(=O)c3ccc(Br)o3)c3ccccc32)cc1. The van der Waals surface area contributed by atoms with Crippen LogP contribution in [0.25, 0.3) is 5.70 Å². The lowest BCUT2D eigenvalue weighted by Gasteiger charge is -2.07. The largest absolute Gasteiger partial charge is 0.444 e. The minimum atomic E-state index is -0.538. The van der Waals surface area contributed by atoms with E-state index < -0.39 is 11.8 Å². The lowest BCUT2D eigenvalue weighted by atomic mass is 10.0. The van der Waals surface area contributed by atoms with Crippen LogP contribution in [0.2, 0.25) is 0 Å². The van der Waals surface area contributed by atoms with Gasteiger partial charge in [0.15, 0.2) is 10.4 Å². The van der Waals surface area contributed by atoms with Crippen LogP contribution < -0.4 is 10.6 Å². The van der Waals surface area contributed by atoms with E-state index in [-0.39, 0.29) is 29.4 Å². The summed E-state index contributed by atoms with van der Waals surface area (Å²) in [5, 5.41) is 15.2. The molecule has 8 heteroatoms. The maximum atomic E-state index is 12.8. The van der Waals surface area contributed by atoms with E-state index in [0.29, 0.717) is 15.8 Å². The first-order valence-corrected chi connectivity index (χ1v) is 10.5. The number of fused-ring (bicyclic) bond motifs is 1. The Balaban J connectivity index is 1.62. The van der Waals surface area contributed by atoms with Crippen LogP contribution in [-0.2, 0) is 11.3 Å². The predicted molar refractivity (Wildman–Crippen MR) is 122 cm³/mol. The van der Waals surface area contributed by atoms with E-state index in [2.05, 4.69) is 31.6 Å². The van der Waals surface area contributed by atoms with Crippen molar-refractivity contribution in [3.05, 3.63) is 98.9 Å². The molecule has 0 radical (unpaired) electrons. The van der Waals surface area contributed by atoms with E-state index in [1.54, 1.807) is 30.3 Å². The van der Waals surface area contributed by atoms with Gasteiger partial charge in [0.1, 0.15) is 17.5 Å². The number of aryl methyl sites for hydroxylation is 1. The molecule has 0 unspecified atom stereocenters.